The SMILES string of the molecule is CCOC(=O)CN1C[C@@H](CF)CC1=O.O=C(CC(=O)OCc1ccccc1)CN1C[C@@H](CF)CC1=O. The molecule has 2 heterocycles. The van der Waals surface area contributed by atoms with E-state index in [4.69, 9.17) is 9.47 Å². The van der Waals surface area contributed by atoms with E-state index in [2.05, 4.69) is 0 Å². The Morgan fingerprint density at radius 2 is 1.42 bits per heavy atom. The van der Waals surface area contributed by atoms with Gasteiger partial charge in [-0.15, -0.1) is 0 Å². The van der Waals surface area contributed by atoms with Crippen LogP contribution in [0.3, 0.4) is 0 Å². The van der Waals surface area contributed by atoms with E-state index in [1.807, 2.05) is 30.3 Å². The molecule has 0 saturated carbocycles. The van der Waals surface area contributed by atoms with Gasteiger partial charge in [-0.05, 0) is 12.5 Å². The Kier molecular flexibility index (Phi) is 11.9. The minimum atomic E-state index is -0.623. The number of nitrogens with zero attached hydrogens (tertiary/aromatic N) is 2. The number of hydrogen-bond acceptors (Lipinski definition) is 7. The van der Waals surface area contributed by atoms with Crippen LogP contribution in [0.25, 0.3) is 0 Å². The Bertz CT molecular complexity index is 913. The highest BCUT2D eigenvalue weighted by molar-refractivity contribution is 5.98. The summed E-state index contributed by atoms with van der Waals surface area (Å²) in [5, 5.41) is 0. The van der Waals surface area contributed by atoms with Crippen LogP contribution in [0.15, 0.2) is 30.3 Å². The van der Waals surface area contributed by atoms with Crippen LogP contribution in [0.2, 0.25) is 0 Å². The molecule has 0 unspecified atom stereocenters. The largest absolute Gasteiger partial charge is 0.465 e. The number of rotatable bonds is 11. The molecule has 9 nitrogen and oxygen atoms in total. The topological polar surface area (TPSA) is 110 Å². The van der Waals surface area contributed by atoms with Crippen molar-refractivity contribution in [2.45, 2.75) is 32.8 Å². The molecule has 2 fully saturated rings. The van der Waals surface area contributed by atoms with Crippen molar-refractivity contribution >= 4 is 29.5 Å². The second-order valence-electron chi connectivity index (χ2n) is 8.66. The van der Waals surface area contributed by atoms with Crippen LogP contribution in [-0.4, -0.2) is 85.5 Å². The monoisotopic (exact) mass is 510 g/mol. The van der Waals surface area contributed by atoms with Crippen molar-refractivity contribution < 1.29 is 42.2 Å². The number of amides is 2. The van der Waals surface area contributed by atoms with Gasteiger partial charge in [0.05, 0.1) is 26.5 Å². The molecule has 2 aliphatic rings. The lowest BCUT2D eigenvalue weighted by Gasteiger charge is -2.14. The maximum atomic E-state index is 12.5. The normalized spacial score (nSPS) is 19.1. The Hall–Kier alpha value is -3.37. The molecular formula is C25H32F2N2O7. The van der Waals surface area contributed by atoms with Crippen LogP contribution in [0, 0.1) is 11.8 Å². The van der Waals surface area contributed by atoms with Crippen molar-refractivity contribution in [1.82, 2.24) is 9.80 Å². The van der Waals surface area contributed by atoms with Gasteiger partial charge < -0.3 is 19.3 Å². The maximum absolute atomic E-state index is 12.5. The first-order valence-electron chi connectivity index (χ1n) is 11.8. The van der Waals surface area contributed by atoms with Crippen molar-refractivity contribution in [3.05, 3.63) is 35.9 Å². The first-order chi connectivity index (χ1) is 17.2. The molecule has 2 saturated heterocycles. The zero-order valence-corrected chi connectivity index (χ0v) is 20.3. The van der Waals surface area contributed by atoms with E-state index in [0.29, 0.717) is 13.2 Å². The summed E-state index contributed by atoms with van der Waals surface area (Å²) >= 11 is 0. The smallest absolute Gasteiger partial charge is 0.325 e. The molecule has 0 bridgehead atoms. The lowest BCUT2D eigenvalue weighted by atomic mass is 10.1. The lowest BCUT2D eigenvalue weighted by molar-refractivity contribution is -0.148. The van der Waals surface area contributed by atoms with Gasteiger partial charge in [0, 0.05) is 37.8 Å². The van der Waals surface area contributed by atoms with Crippen molar-refractivity contribution in [2.24, 2.45) is 11.8 Å². The highest BCUT2D eigenvalue weighted by atomic mass is 19.1. The quantitative estimate of drug-likeness (QED) is 0.330. The van der Waals surface area contributed by atoms with Crippen molar-refractivity contribution in [3.8, 4) is 0 Å². The van der Waals surface area contributed by atoms with E-state index in [9.17, 15) is 32.8 Å². The summed E-state index contributed by atoms with van der Waals surface area (Å²) in [6.45, 7) is 1.38. The third-order valence-corrected chi connectivity index (χ3v) is 5.60. The molecule has 2 amide bonds. The molecule has 2 atom stereocenters. The molecule has 1 aromatic carbocycles. The summed E-state index contributed by atoms with van der Waals surface area (Å²) in [7, 11) is 0. The van der Waals surface area contributed by atoms with E-state index in [-0.39, 0.29) is 69.2 Å². The summed E-state index contributed by atoms with van der Waals surface area (Å²) in [5.74, 6) is -2.45. The van der Waals surface area contributed by atoms with Crippen molar-refractivity contribution in [1.29, 1.82) is 0 Å². The third kappa shape index (κ3) is 9.71. The number of carbonyl (C=O) groups is 5. The van der Waals surface area contributed by atoms with Gasteiger partial charge in [-0.1, -0.05) is 30.3 Å². The average molecular weight is 511 g/mol. The van der Waals surface area contributed by atoms with Crippen LogP contribution in [-0.2, 0) is 40.1 Å². The number of benzene rings is 1. The van der Waals surface area contributed by atoms with Crippen LogP contribution in [0.1, 0.15) is 31.7 Å². The first-order valence-corrected chi connectivity index (χ1v) is 11.8. The Morgan fingerprint density at radius 1 is 0.861 bits per heavy atom. The standard InChI is InChI=1S/C16H18FNO4.C9H14FNO3/c17-8-13-6-15(20)18(9-13)10-14(19)7-16(21)22-11-12-4-2-1-3-5-12;1-2-14-9(13)6-11-5-7(4-10)3-8(11)12/h1-5,13H,6-11H2;7H,2-6H2,1H3/t13-;7-/m11/s1. The minimum Gasteiger partial charge on any atom is -0.465 e. The number of alkyl halides is 2. The molecule has 0 aromatic heterocycles. The van der Waals surface area contributed by atoms with Crippen molar-refractivity contribution in [3.63, 3.8) is 0 Å². The fourth-order valence-corrected chi connectivity index (χ4v) is 3.80. The highest BCUT2D eigenvalue weighted by Crippen LogP contribution is 2.18. The van der Waals surface area contributed by atoms with Gasteiger partial charge in [-0.3, -0.25) is 32.8 Å². The van der Waals surface area contributed by atoms with Gasteiger partial charge in [0.25, 0.3) is 0 Å². The molecule has 1 aromatic rings. The summed E-state index contributed by atoms with van der Waals surface area (Å²) in [4.78, 5) is 59.9. The summed E-state index contributed by atoms with van der Waals surface area (Å²) in [6, 6.07) is 9.14. The molecule has 11 heteroatoms. The van der Waals surface area contributed by atoms with Crippen LogP contribution in [0.5, 0.6) is 0 Å². The van der Waals surface area contributed by atoms with Gasteiger partial charge in [0.2, 0.25) is 11.8 Å². The fourth-order valence-electron chi connectivity index (χ4n) is 3.80. The number of hydrogen-bond donors (Lipinski definition) is 0. The van der Waals surface area contributed by atoms with Crippen LogP contribution in [0.4, 0.5) is 8.78 Å². The second kappa shape index (κ2) is 14.9. The fraction of sp³-hybridized carbons (Fsp3) is 0.560. The number of esters is 2. The predicted octanol–water partition coefficient (Wildman–Crippen LogP) is 1.87. The van der Waals surface area contributed by atoms with Crippen molar-refractivity contribution in [2.75, 3.05) is 46.1 Å². The molecule has 0 spiro atoms. The molecule has 0 aliphatic carbocycles. The van der Waals surface area contributed by atoms with Gasteiger partial charge in [0.1, 0.15) is 19.6 Å². The van der Waals surface area contributed by atoms with Crippen LogP contribution < -0.4 is 0 Å². The number of carbonyl (C=O) groups excluding carboxylic acids is 5. The summed E-state index contributed by atoms with van der Waals surface area (Å²) in [6.07, 6.45) is -0.0466. The number of Topliss-reactive ketones (excluding diaryl/α,β-unsaturated/α-hetero) is 1. The third-order valence-electron chi connectivity index (χ3n) is 5.60. The van der Waals surface area contributed by atoms with E-state index < -0.39 is 31.1 Å². The van der Waals surface area contributed by atoms with Gasteiger partial charge in [0.15, 0.2) is 5.78 Å². The van der Waals surface area contributed by atoms with Gasteiger partial charge in [-0.2, -0.15) is 0 Å². The van der Waals surface area contributed by atoms with Gasteiger partial charge in [-0.25, -0.2) is 0 Å². The summed E-state index contributed by atoms with van der Waals surface area (Å²) < 4.78 is 34.5. The zero-order chi connectivity index (χ0) is 26.5. The maximum Gasteiger partial charge on any atom is 0.325 e. The number of ketones is 1. The molecule has 0 radical (unpaired) electrons. The Balaban J connectivity index is 0.000000281. The molecule has 3 rings (SSSR count). The zero-order valence-electron chi connectivity index (χ0n) is 20.3. The first kappa shape index (κ1) is 28.9. The van der Waals surface area contributed by atoms with E-state index in [1.165, 1.54) is 9.80 Å². The van der Waals surface area contributed by atoms with Gasteiger partial charge >= 0.3 is 11.9 Å². The molecular weight excluding hydrogens is 478 g/mol. The Labute approximate surface area is 208 Å². The lowest BCUT2D eigenvalue weighted by Crippen LogP contribution is -2.32. The molecule has 36 heavy (non-hydrogen) atoms. The van der Waals surface area contributed by atoms with E-state index >= 15 is 0 Å². The predicted molar refractivity (Wildman–Crippen MR) is 124 cm³/mol. The average Bonchev–Trinajstić information content (AvgIpc) is 3.40. The number of ether oxygens (including phenoxy) is 2. The second-order valence-corrected chi connectivity index (χ2v) is 8.66. The van der Waals surface area contributed by atoms with E-state index in [0.717, 1.165) is 5.56 Å². The number of halogens is 2. The molecule has 0 N–H and O–H groups in total. The minimum absolute atomic E-state index is 0.0524. The van der Waals surface area contributed by atoms with E-state index in [1.54, 1.807) is 6.92 Å². The van der Waals surface area contributed by atoms with Crippen LogP contribution >= 0.6 is 0 Å². The molecule has 2 aliphatic heterocycles. The Morgan fingerprint density at radius 3 is 1.92 bits per heavy atom. The summed E-state index contributed by atoms with van der Waals surface area (Å²) in [5.41, 5.74) is 0.837. The molecule has 198 valence electrons. The number of likely N-dealkylation sites (tertiary alicyclic amines) is 2. The highest BCUT2D eigenvalue weighted by Gasteiger charge is 2.32.